The Hall–Kier alpha value is -4.58. The van der Waals surface area contributed by atoms with Crippen LogP contribution in [0.3, 0.4) is 0 Å². The fourth-order valence-corrected chi connectivity index (χ4v) is 6.92. The van der Waals surface area contributed by atoms with E-state index in [9.17, 15) is 44.1 Å². The molecule has 1 heterocycles. The molecule has 0 saturated heterocycles. The highest BCUT2D eigenvalue weighted by Crippen LogP contribution is 2.39. The monoisotopic (exact) mass is 735 g/mol. The summed E-state index contributed by atoms with van der Waals surface area (Å²) in [5.74, 6) is -5.09. The van der Waals surface area contributed by atoms with Crippen molar-refractivity contribution in [2.24, 2.45) is 17.6 Å². The van der Waals surface area contributed by atoms with Crippen LogP contribution in [0, 0.1) is 11.8 Å². The number of fused-ring (bicyclic) bond motifs is 5. The van der Waals surface area contributed by atoms with Gasteiger partial charge < -0.3 is 31.3 Å². The summed E-state index contributed by atoms with van der Waals surface area (Å²) in [5, 5.41) is 34.1. The standard InChI is InChI=1S/C41H57N3O9/c1-4-5-6-7-8-13-30(45)14-11-15-31(46)24-29(12-9-10-20-42)40(51)44(3)38-28-17-19-36(48)33(25-28)32-22-27(16-18-35(32)47)23-34(41(52)53)43-39(50)26(2)21-37(38)49/h16-19,22,25-26,29,34,38,47-48H,4-15,20-21,23-24,42H2,1-3H3,(H,43,50)(H,52,53)/t26-,29-,34+,38+/m1/s1. The number of likely N-dealkylation sites (N-methyl/N-ethyl adjacent to an activating group) is 1. The van der Waals surface area contributed by atoms with Crippen molar-refractivity contribution < 1.29 is 44.1 Å². The van der Waals surface area contributed by atoms with Crippen LogP contribution in [0.4, 0.5) is 0 Å². The van der Waals surface area contributed by atoms with Gasteiger partial charge >= 0.3 is 5.97 Å². The van der Waals surface area contributed by atoms with Crippen molar-refractivity contribution in [3.8, 4) is 22.6 Å². The highest BCUT2D eigenvalue weighted by atomic mass is 16.4. The number of rotatable bonds is 19. The van der Waals surface area contributed by atoms with Crippen molar-refractivity contribution in [1.82, 2.24) is 10.2 Å². The van der Waals surface area contributed by atoms with Gasteiger partial charge in [-0.1, -0.05) is 58.1 Å². The number of nitrogens with one attached hydrogen (secondary N) is 1. The third-order valence-corrected chi connectivity index (χ3v) is 10.0. The maximum absolute atomic E-state index is 14.3. The van der Waals surface area contributed by atoms with Crippen molar-refractivity contribution >= 4 is 35.1 Å². The van der Waals surface area contributed by atoms with Gasteiger partial charge in [-0.2, -0.15) is 0 Å². The molecule has 2 aromatic rings. The molecule has 0 aromatic heterocycles. The highest BCUT2D eigenvalue weighted by molar-refractivity contribution is 5.95. The number of Topliss-reactive ketones (excluding diaryl/α,β-unsaturated/α-hetero) is 3. The van der Waals surface area contributed by atoms with Crippen molar-refractivity contribution in [3.05, 3.63) is 47.5 Å². The maximum atomic E-state index is 14.3. The van der Waals surface area contributed by atoms with E-state index in [1.54, 1.807) is 0 Å². The van der Waals surface area contributed by atoms with Crippen molar-refractivity contribution in [1.29, 1.82) is 0 Å². The number of unbranched alkanes of at least 4 members (excludes halogenated alkanes) is 5. The number of aromatic hydroxyl groups is 2. The molecule has 1 aliphatic heterocycles. The summed E-state index contributed by atoms with van der Waals surface area (Å²) < 4.78 is 0. The molecule has 1 aliphatic rings. The zero-order chi connectivity index (χ0) is 39.1. The van der Waals surface area contributed by atoms with Gasteiger partial charge in [0.1, 0.15) is 35.1 Å². The topological polar surface area (TPSA) is 204 Å². The molecular formula is C41H57N3O9. The quantitative estimate of drug-likeness (QED) is 0.110. The van der Waals surface area contributed by atoms with Crippen LogP contribution in [0.15, 0.2) is 36.4 Å². The Morgan fingerprint density at radius 2 is 1.49 bits per heavy atom. The van der Waals surface area contributed by atoms with E-state index in [2.05, 4.69) is 12.2 Å². The second-order valence-electron chi connectivity index (χ2n) is 14.4. The molecule has 2 amide bonds. The van der Waals surface area contributed by atoms with Gasteiger partial charge in [-0.15, -0.1) is 0 Å². The minimum atomic E-state index is -1.33. The minimum absolute atomic E-state index is 0.0727. The number of ketones is 3. The second-order valence-corrected chi connectivity index (χ2v) is 14.4. The Morgan fingerprint density at radius 1 is 0.849 bits per heavy atom. The van der Waals surface area contributed by atoms with Gasteiger partial charge in [0.05, 0.1) is 0 Å². The molecule has 0 unspecified atom stereocenters. The Balaban J connectivity index is 1.92. The molecule has 0 saturated carbocycles. The lowest BCUT2D eigenvalue weighted by atomic mass is 9.88. The number of hydrogen-bond donors (Lipinski definition) is 5. The number of nitrogens with two attached hydrogens (primary N) is 1. The first-order valence-corrected chi connectivity index (χ1v) is 19.0. The molecule has 4 atom stereocenters. The van der Waals surface area contributed by atoms with Crippen LogP contribution in [0.2, 0.25) is 0 Å². The third-order valence-electron chi connectivity index (χ3n) is 10.0. The molecule has 12 nitrogen and oxygen atoms in total. The zero-order valence-electron chi connectivity index (χ0n) is 31.4. The first-order chi connectivity index (χ1) is 25.3. The van der Waals surface area contributed by atoms with Gasteiger partial charge in [-0.05, 0) is 67.6 Å². The molecular weight excluding hydrogens is 678 g/mol. The summed E-state index contributed by atoms with van der Waals surface area (Å²) >= 11 is 0. The molecule has 2 aromatic carbocycles. The SMILES string of the molecule is CCCCCCCC(=O)CCCC(=O)C[C@@H](CCCCN)C(=O)N(C)[C@@H]1C(=O)C[C@@H](C)C(=O)N[C@H](C(=O)O)Cc2ccc(O)c(c2)-c2cc1ccc2O. The molecule has 0 fully saturated rings. The molecule has 290 valence electrons. The molecule has 0 radical (unpaired) electrons. The predicted octanol–water partition coefficient (Wildman–Crippen LogP) is 5.79. The number of hydrogen-bond acceptors (Lipinski definition) is 9. The lowest BCUT2D eigenvalue weighted by Crippen LogP contribution is -2.45. The number of carboxylic acids is 1. The molecule has 12 heteroatoms. The fraction of sp³-hybridized carbons (Fsp3) is 0.561. The summed E-state index contributed by atoms with van der Waals surface area (Å²) in [4.78, 5) is 80.6. The lowest BCUT2D eigenvalue weighted by Gasteiger charge is -2.32. The highest BCUT2D eigenvalue weighted by Gasteiger charge is 2.36. The average Bonchev–Trinajstić information content (AvgIpc) is 3.11. The van der Waals surface area contributed by atoms with E-state index in [1.165, 1.54) is 55.3 Å². The Bertz CT molecular complexity index is 1610. The molecule has 4 bridgehead atoms. The molecule has 3 rings (SSSR count). The second kappa shape index (κ2) is 21.2. The van der Waals surface area contributed by atoms with Gasteiger partial charge in [-0.3, -0.25) is 24.0 Å². The van der Waals surface area contributed by atoms with Gasteiger partial charge in [0.2, 0.25) is 11.8 Å². The number of phenolic OH excluding ortho intramolecular Hbond substituents is 2. The Kier molecular flexibility index (Phi) is 17.1. The van der Waals surface area contributed by atoms with Crippen LogP contribution in [0.25, 0.3) is 11.1 Å². The summed E-state index contributed by atoms with van der Waals surface area (Å²) in [6.07, 6.45) is 7.64. The summed E-state index contributed by atoms with van der Waals surface area (Å²) in [5.41, 5.74) is 6.85. The molecule has 6 N–H and O–H groups in total. The molecule has 53 heavy (non-hydrogen) atoms. The lowest BCUT2D eigenvalue weighted by molar-refractivity contribution is -0.144. The molecule has 0 aliphatic carbocycles. The maximum Gasteiger partial charge on any atom is 0.326 e. The van der Waals surface area contributed by atoms with Crippen LogP contribution in [-0.2, 0) is 35.2 Å². The number of phenols is 2. The third kappa shape index (κ3) is 12.8. The number of aliphatic carboxylic acids is 1. The summed E-state index contributed by atoms with van der Waals surface area (Å²) in [7, 11) is 1.46. The van der Waals surface area contributed by atoms with E-state index in [0.717, 1.165) is 32.1 Å². The first kappa shape index (κ1) is 42.8. The van der Waals surface area contributed by atoms with Gasteiger partial charge in [0.15, 0.2) is 5.78 Å². The zero-order valence-corrected chi connectivity index (χ0v) is 31.4. The van der Waals surface area contributed by atoms with Gasteiger partial charge in [0.25, 0.3) is 0 Å². The smallest absolute Gasteiger partial charge is 0.326 e. The van der Waals surface area contributed by atoms with Gasteiger partial charge in [0, 0.05) is 68.5 Å². The van der Waals surface area contributed by atoms with Crippen LogP contribution in [0.5, 0.6) is 11.5 Å². The average molecular weight is 736 g/mol. The predicted molar refractivity (Wildman–Crippen MR) is 201 cm³/mol. The van der Waals surface area contributed by atoms with E-state index < -0.39 is 47.5 Å². The van der Waals surface area contributed by atoms with Crippen LogP contribution >= 0.6 is 0 Å². The van der Waals surface area contributed by atoms with E-state index in [-0.39, 0.29) is 59.9 Å². The number of nitrogens with zero attached hydrogens (tertiary/aromatic N) is 1. The van der Waals surface area contributed by atoms with Crippen LogP contribution in [0.1, 0.15) is 121 Å². The molecule has 0 spiro atoms. The minimum Gasteiger partial charge on any atom is -0.507 e. The fourth-order valence-electron chi connectivity index (χ4n) is 6.92. The van der Waals surface area contributed by atoms with Gasteiger partial charge in [-0.25, -0.2) is 4.79 Å². The van der Waals surface area contributed by atoms with Crippen molar-refractivity contribution in [2.45, 2.75) is 122 Å². The van der Waals surface area contributed by atoms with Crippen LogP contribution in [-0.4, -0.2) is 75.0 Å². The number of carbonyl (C=O) groups is 6. The van der Waals surface area contributed by atoms with Crippen molar-refractivity contribution in [3.63, 3.8) is 0 Å². The number of amides is 2. The van der Waals surface area contributed by atoms with E-state index in [4.69, 9.17) is 5.73 Å². The van der Waals surface area contributed by atoms with E-state index in [0.29, 0.717) is 56.2 Å². The van der Waals surface area contributed by atoms with Crippen LogP contribution < -0.4 is 11.1 Å². The number of benzene rings is 2. The van der Waals surface area contributed by atoms with E-state index >= 15 is 0 Å². The van der Waals surface area contributed by atoms with E-state index in [1.807, 2.05) is 0 Å². The first-order valence-electron chi connectivity index (χ1n) is 19.0. The largest absolute Gasteiger partial charge is 0.507 e. The summed E-state index contributed by atoms with van der Waals surface area (Å²) in [6, 6.07) is 6.17. The summed E-state index contributed by atoms with van der Waals surface area (Å²) in [6.45, 7) is 4.04. The Labute approximate surface area is 312 Å². The normalized spacial score (nSPS) is 18.1. The Morgan fingerprint density at radius 3 is 2.17 bits per heavy atom. The van der Waals surface area contributed by atoms with Crippen molar-refractivity contribution in [2.75, 3.05) is 13.6 Å². The number of carboxylic acid groups (broad SMARTS) is 1. The number of carbonyl (C=O) groups excluding carboxylic acids is 5.